The summed E-state index contributed by atoms with van der Waals surface area (Å²) in [6.07, 6.45) is 0. The highest BCUT2D eigenvalue weighted by Crippen LogP contribution is 2.15. The zero-order chi connectivity index (χ0) is 14.6. The summed E-state index contributed by atoms with van der Waals surface area (Å²) in [5.41, 5.74) is 6.68. The molecule has 1 aromatic carbocycles. The lowest BCUT2D eigenvalue weighted by Crippen LogP contribution is -2.32. The fourth-order valence-corrected chi connectivity index (χ4v) is 1.89. The molecule has 106 valence electrons. The molecule has 0 aliphatic carbocycles. The van der Waals surface area contributed by atoms with Gasteiger partial charge in [-0.2, -0.15) is 0 Å². The van der Waals surface area contributed by atoms with Crippen LogP contribution in [0, 0.1) is 11.7 Å². The van der Waals surface area contributed by atoms with Gasteiger partial charge in [-0.05, 0) is 43.7 Å². The minimum atomic E-state index is -0.385. The Balaban J connectivity index is 2.93. The van der Waals surface area contributed by atoms with Crippen LogP contribution in [0.1, 0.15) is 31.9 Å². The second kappa shape index (κ2) is 6.52. The molecule has 19 heavy (non-hydrogen) atoms. The molecule has 0 amide bonds. The third-order valence-corrected chi connectivity index (χ3v) is 3.45. The van der Waals surface area contributed by atoms with Gasteiger partial charge in [0.2, 0.25) is 0 Å². The van der Waals surface area contributed by atoms with Crippen LogP contribution in [0.5, 0.6) is 0 Å². The molecule has 0 saturated heterocycles. The molecule has 1 rings (SSSR count). The Morgan fingerprint density at radius 1 is 1.37 bits per heavy atom. The molecular formula is C14H22FN3O. The van der Waals surface area contributed by atoms with Crippen molar-refractivity contribution in [2.75, 3.05) is 7.05 Å². The monoisotopic (exact) mass is 267 g/mol. The van der Waals surface area contributed by atoms with Gasteiger partial charge < -0.3 is 10.9 Å². The average molecular weight is 267 g/mol. The average Bonchev–Trinajstić information content (AvgIpc) is 2.35. The molecule has 0 aliphatic heterocycles. The van der Waals surface area contributed by atoms with Crippen molar-refractivity contribution in [1.29, 1.82) is 0 Å². The standard InChI is InChI=1S/C14H22FN3O/c1-9(2)10(3)18(4)8-11-5-12(14(16)17-19)7-13(15)6-11/h5-7,9-10,19H,8H2,1-4H3,(H2,16,17). The lowest BCUT2D eigenvalue weighted by Gasteiger charge is -2.28. The smallest absolute Gasteiger partial charge is 0.170 e. The molecule has 0 saturated carbocycles. The van der Waals surface area contributed by atoms with Gasteiger partial charge in [-0.15, -0.1) is 0 Å². The van der Waals surface area contributed by atoms with E-state index in [1.54, 1.807) is 6.07 Å². The van der Waals surface area contributed by atoms with Crippen LogP contribution in [-0.4, -0.2) is 29.0 Å². The van der Waals surface area contributed by atoms with Gasteiger partial charge in [0.25, 0.3) is 0 Å². The molecule has 0 fully saturated rings. The normalized spacial score (nSPS) is 14.2. The van der Waals surface area contributed by atoms with Crippen LogP contribution in [0.2, 0.25) is 0 Å². The predicted molar refractivity (Wildman–Crippen MR) is 74.7 cm³/mol. The Bertz CT molecular complexity index is 460. The molecule has 0 radical (unpaired) electrons. The van der Waals surface area contributed by atoms with Gasteiger partial charge >= 0.3 is 0 Å². The molecule has 0 heterocycles. The van der Waals surface area contributed by atoms with Gasteiger partial charge in [0.05, 0.1) is 0 Å². The molecular weight excluding hydrogens is 245 g/mol. The van der Waals surface area contributed by atoms with Crippen LogP contribution in [0.4, 0.5) is 4.39 Å². The van der Waals surface area contributed by atoms with E-state index in [1.165, 1.54) is 12.1 Å². The second-order valence-electron chi connectivity index (χ2n) is 5.23. The highest BCUT2D eigenvalue weighted by atomic mass is 19.1. The molecule has 1 atom stereocenters. The van der Waals surface area contributed by atoms with Crippen molar-refractivity contribution in [3.8, 4) is 0 Å². The SMILES string of the molecule is CC(C)C(C)N(C)Cc1cc(F)cc(/C(N)=N/O)c1. The first-order chi connectivity index (χ1) is 8.85. The van der Waals surface area contributed by atoms with E-state index in [0.717, 1.165) is 5.56 Å². The van der Waals surface area contributed by atoms with E-state index in [2.05, 4.69) is 30.8 Å². The van der Waals surface area contributed by atoms with E-state index < -0.39 is 0 Å². The molecule has 3 N–H and O–H groups in total. The number of hydrogen-bond acceptors (Lipinski definition) is 3. The van der Waals surface area contributed by atoms with Gasteiger partial charge in [-0.3, -0.25) is 4.90 Å². The van der Waals surface area contributed by atoms with Crippen molar-refractivity contribution in [2.24, 2.45) is 16.8 Å². The third-order valence-electron chi connectivity index (χ3n) is 3.45. The maximum Gasteiger partial charge on any atom is 0.170 e. The number of oxime groups is 1. The molecule has 0 aromatic heterocycles. The molecule has 1 aromatic rings. The van der Waals surface area contributed by atoms with E-state index >= 15 is 0 Å². The van der Waals surface area contributed by atoms with Crippen molar-refractivity contribution in [3.63, 3.8) is 0 Å². The number of hydrogen-bond donors (Lipinski definition) is 2. The molecule has 0 bridgehead atoms. The Morgan fingerprint density at radius 2 is 2.00 bits per heavy atom. The summed E-state index contributed by atoms with van der Waals surface area (Å²) in [6, 6.07) is 4.85. The molecule has 0 spiro atoms. The van der Waals surface area contributed by atoms with E-state index in [9.17, 15) is 4.39 Å². The zero-order valence-corrected chi connectivity index (χ0v) is 11.9. The van der Waals surface area contributed by atoms with Crippen LogP contribution < -0.4 is 5.73 Å². The summed E-state index contributed by atoms with van der Waals surface area (Å²) in [7, 11) is 2.00. The summed E-state index contributed by atoms with van der Waals surface area (Å²) in [5.74, 6) is 0.0483. The summed E-state index contributed by atoms with van der Waals surface area (Å²) in [4.78, 5) is 2.15. The molecule has 0 aliphatic rings. The number of nitrogens with zero attached hydrogens (tertiary/aromatic N) is 2. The van der Waals surface area contributed by atoms with E-state index in [-0.39, 0.29) is 11.7 Å². The number of rotatable bonds is 5. The molecule has 4 nitrogen and oxygen atoms in total. The van der Waals surface area contributed by atoms with Crippen molar-refractivity contribution < 1.29 is 9.60 Å². The number of benzene rings is 1. The zero-order valence-electron chi connectivity index (χ0n) is 11.9. The minimum Gasteiger partial charge on any atom is -0.409 e. The Kier molecular flexibility index (Phi) is 5.30. The largest absolute Gasteiger partial charge is 0.409 e. The van der Waals surface area contributed by atoms with E-state index in [4.69, 9.17) is 10.9 Å². The van der Waals surface area contributed by atoms with Gasteiger partial charge in [-0.1, -0.05) is 19.0 Å². The second-order valence-corrected chi connectivity index (χ2v) is 5.23. The van der Waals surface area contributed by atoms with Gasteiger partial charge in [-0.25, -0.2) is 4.39 Å². The van der Waals surface area contributed by atoms with Crippen molar-refractivity contribution in [2.45, 2.75) is 33.4 Å². The summed E-state index contributed by atoms with van der Waals surface area (Å²) >= 11 is 0. The summed E-state index contributed by atoms with van der Waals surface area (Å²) in [5, 5.41) is 11.5. The summed E-state index contributed by atoms with van der Waals surface area (Å²) in [6.45, 7) is 7.04. The number of halogens is 1. The molecule has 1 unspecified atom stereocenters. The lowest BCUT2D eigenvalue weighted by atomic mass is 10.0. The van der Waals surface area contributed by atoms with Crippen LogP contribution in [-0.2, 0) is 6.54 Å². The highest BCUT2D eigenvalue weighted by molar-refractivity contribution is 5.97. The third kappa shape index (κ3) is 4.21. The maximum atomic E-state index is 13.5. The Morgan fingerprint density at radius 3 is 2.53 bits per heavy atom. The van der Waals surface area contributed by atoms with E-state index in [0.29, 0.717) is 24.1 Å². The van der Waals surface area contributed by atoms with Gasteiger partial charge in [0.15, 0.2) is 5.84 Å². The fourth-order valence-electron chi connectivity index (χ4n) is 1.89. The predicted octanol–water partition coefficient (Wildman–Crippen LogP) is 2.40. The lowest BCUT2D eigenvalue weighted by molar-refractivity contribution is 0.200. The van der Waals surface area contributed by atoms with E-state index in [1.807, 2.05) is 7.05 Å². The van der Waals surface area contributed by atoms with Crippen molar-refractivity contribution in [1.82, 2.24) is 4.90 Å². The van der Waals surface area contributed by atoms with Crippen LogP contribution in [0.3, 0.4) is 0 Å². The van der Waals surface area contributed by atoms with Crippen LogP contribution in [0.15, 0.2) is 23.4 Å². The summed E-state index contributed by atoms with van der Waals surface area (Å²) < 4.78 is 13.5. The first kappa shape index (κ1) is 15.4. The van der Waals surface area contributed by atoms with Crippen molar-refractivity contribution in [3.05, 3.63) is 35.1 Å². The topological polar surface area (TPSA) is 61.8 Å². The van der Waals surface area contributed by atoms with Crippen LogP contribution in [0.25, 0.3) is 0 Å². The fraction of sp³-hybridized carbons (Fsp3) is 0.500. The first-order valence-corrected chi connectivity index (χ1v) is 6.32. The Hall–Kier alpha value is -1.62. The number of nitrogens with two attached hydrogens (primary N) is 1. The van der Waals surface area contributed by atoms with Gasteiger partial charge in [0, 0.05) is 18.2 Å². The number of amidine groups is 1. The van der Waals surface area contributed by atoms with Crippen molar-refractivity contribution >= 4 is 5.84 Å². The Labute approximate surface area is 113 Å². The quantitative estimate of drug-likeness (QED) is 0.373. The van der Waals surface area contributed by atoms with Crippen LogP contribution >= 0.6 is 0 Å². The van der Waals surface area contributed by atoms with Gasteiger partial charge in [0.1, 0.15) is 5.82 Å². The highest BCUT2D eigenvalue weighted by Gasteiger charge is 2.14. The minimum absolute atomic E-state index is 0.0830. The molecule has 5 heteroatoms. The maximum absolute atomic E-state index is 13.5. The first-order valence-electron chi connectivity index (χ1n) is 6.32.